The third kappa shape index (κ3) is 2.77. The van der Waals surface area contributed by atoms with Gasteiger partial charge in [0.1, 0.15) is 5.58 Å². The van der Waals surface area contributed by atoms with E-state index in [4.69, 9.17) is 9.07 Å². The van der Waals surface area contributed by atoms with Gasteiger partial charge in [0.2, 0.25) is 5.71 Å². The number of rotatable bonds is 4. The second-order valence-corrected chi connectivity index (χ2v) is 7.68. The predicted molar refractivity (Wildman–Crippen MR) is 106 cm³/mol. The normalized spacial score (nSPS) is 13.0. The Hall–Kier alpha value is -2.37. The molecule has 0 aliphatic heterocycles. The van der Waals surface area contributed by atoms with E-state index < -0.39 is 11.2 Å². The highest BCUT2D eigenvalue weighted by atomic mass is 16.5. The maximum atomic E-state index is 10.3. The van der Waals surface area contributed by atoms with Crippen LogP contribution < -0.4 is 5.46 Å². The molecule has 0 unspecified atom stereocenters. The van der Waals surface area contributed by atoms with Crippen LogP contribution in [0.25, 0.3) is 32.8 Å². The monoisotopic (exact) mass is 346 g/mol. The molecule has 0 aliphatic rings. The lowest BCUT2D eigenvalue weighted by molar-refractivity contribution is -0.0893. The van der Waals surface area contributed by atoms with Gasteiger partial charge in [-0.2, -0.15) is 0 Å². The van der Waals surface area contributed by atoms with E-state index in [9.17, 15) is 5.11 Å². The number of hydrogen-bond donors (Lipinski definition) is 1. The van der Waals surface area contributed by atoms with E-state index in [2.05, 4.69) is 17.1 Å². The highest BCUT2D eigenvalue weighted by molar-refractivity contribution is 6.47. The highest BCUT2D eigenvalue weighted by Crippen LogP contribution is 2.33. The van der Waals surface area contributed by atoms with Crippen molar-refractivity contribution in [1.82, 2.24) is 4.98 Å². The quantitative estimate of drug-likeness (QED) is 0.569. The molecule has 4 rings (SSSR count). The number of hydrogen-bond acceptors (Lipinski definition) is 4. The molecule has 2 aromatic heterocycles. The van der Waals surface area contributed by atoms with Gasteiger partial charge in [0.25, 0.3) is 0 Å². The molecule has 0 amide bonds. The molecule has 1 N–H and O–H groups in total. The number of benzene rings is 2. The Morgan fingerprint density at radius 3 is 2.58 bits per heavy atom. The van der Waals surface area contributed by atoms with Crippen molar-refractivity contribution in [3.8, 4) is 0 Å². The van der Waals surface area contributed by atoms with E-state index in [0.29, 0.717) is 5.71 Å². The first-order valence-corrected chi connectivity index (χ1v) is 8.70. The lowest BCUT2D eigenvalue weighted by Crippen LogP contribution is -2.49. The van der Waals surface area contributed by atoms with Gasteiger partial charge in [-0.15, -0.1) is 0 Å². The Morgan fingerprint density at radius 1 is 1.04 bits per heavy atom. The molecule has 1 radical (unpaired) electrons. The molecule has 0 spiro atoms. The summed E-state index contributed by atoms with van der Waals surface area (Å²) in [6, 6.07) is 14.1. The fourth-order valence-corrected chi connectivity index (χ4v) is 2.88. The smallest absolute Gasteiger partial charge is 0.330 e. The summed E-state index contributed by atoms with van der Waals surface area (Å²) in [7, 11) is 1.71. The molecule has 2 heterocycles. The summed E-state index contributed by atoms with van der Waals surface area (Å²) in [5.41, 5.74) is 0.728. The van der Waals surface area contributed by atoms with E-state index in [-0.39, 0.29) is 0 Å². The fraction of sp³-hybridized carbons (Fsp3) is 0.286. The van der Waals surface area contributed by atoms with Crippen molar-refractivity contribution in [2.45, 2.75) is 38.9 Å². The maximum absolute atomic E-state index is 10.3. The van der Waals surface area contributed by atoms with Gasteiger partial charge in [-0.3, -0.25) is 0 Å². The van der Waals surface area contributed by atoms with Crippen molar-refractivity contribution in [1.29, 1.82) is 0 Å². The van der Waals surface area contributed by atoms with Crippen LogP contribution in [0.3, 0.4) is 0 Å². The van der Waals surface area contributed by atoms with Gasteiger partial charge >= 0.3 is 7.48 Å². The second-order valence-electron chi connectivity index (χ2n) is 7.68. The van der Waals surface area contributed by atoms with Gasteiger partial charge in [0, 0.05) is 17.0 Å². The molecule has 0 fully saturated rings. The zero-order valence-corrected chi connectivity index (χ0v) is 15.4. The predicted octanol–water partition coefficient (Wildman–Crippen LogP) is 3.94. The lowest BCUT2D eigenvalue weighted by atomic mass is 9.81. The molecule has 0 saturated heterocycles. The summed E-state index contributed by atoms with van der Waals surface area (Å²) >= 11 is 0. The van der Waals surface area contributed by atoms with Crippen molar-refractivity contribution in [2.75, 3.05) is 0 Å². The van der Waals surface area contributed by atoms with Crippen molar-refractivity contribution in [2.24, 2.45) is 0 Å². The lowest BCUT2D eigenvalue weighted by Gasteiger charge is -2.37. The molecule has 0 saturated carbocycles. The summed E-state index contributed by atoms with van der Waals surface area (Å²) in [5.74, 6) is 0. The van der Waals surface area contributed by atoms with Crippen molar-refractivity contribution in [3.63, 3.8) is 0 Å². The van der Waals surface area contributed by atoms with Crippen molar-refractivity contribution < 1.29 is 14.2 Å². The van der Waals surface area contributed by atoms with Gasteiger partial charge < -0.3 is 14.2 Å². The first kappa shape index (κ1) is 17.1. The Bertz CT molecular complexity index is 1110. The topological polar surface area (TPSA) is 55.5 Å². The number of aliphatic hydroxyl groups is 1. The third-order valence-corrected chi connectivity index (χ3v) is 5.22. The van der Waals surface area contributed by atoms with Crippen molar-refractivity contribution >= 4 is 45.8 Å². The van der Waals surface area contributed by atoms with Crippen LogP contribution in [0.1, 0.15) is 27.7 Å². The van der Waals surface area contributed by atoms with E-state index in [1.165, 1.54) is 0 Å². The Kier molecular flexibility index (Phi) is 3.83. The first-order chi connectivity index (χ1) is 12.3. The molecular weight excluding hydrogens is 325 g/mol. The molecular formula is C21H21BNO3. The minimum atomic E-state index is -0.958. The minimum Gasteiger partial charge on any atom is -0.438 e. The summed E-state index contributed by atoms with van der Waals surface area (Å²) < 4.78 is 11.8. The molecule has 4 nitrogen and oxygen atoms in total. The number of furan rings is 1. The molecule has 2 aromatic carbocycles. The zero-order chi connectivity index (χ0) is 18.5. The maximum Gasteiger partial charge on any atom is 0.330 e. The molecule has 26 heavy (non-hydrogen) atoms. The van der Waals surface area contributed by atoms with E-state index in [0.717, 1.165) is 32.6 Å². The second kappa shape index (κ2) is 5.83. The fourth-order valence-electron chi connectivity index (χ4n) is 2.88. The van der Waals surface area contributed by atoms with Crippen LogP contribution in [-0.2, 0) is 4.65 Å². The minimum absolute atomic E-state index is 0.642. The zero-order valence-electron chi connectivity index (χ0n) is 15.4. The number of fused-ring (bicyclic) bond motifs is 5. The first-order valence-electron chi connectivity index (χ1n) is 8.70. The molecule has 0 bridgehead atoms. The molecule has 0 aliphatic carbocycles. The van der Waals surface area contributed by atoms with Crippen LogP contribution >= 0.6 is 0 Å². The van der Waals surface area contributed by atoms with Gasteiger partial charge in [-0.25, -0.2) is 4.98 Å². The molecule has 5 heteroatoms. The van der Waals surface area contributed by atoms with Crippen LogP contribution in [0.5, 0.6) is 0 Å². The Morgan fingerprint density at radius 2 is 1.81 bits per heavy atom. The Labute approximate surface area is 153 Å². The van der Waals surface area contributed by atoms with Crippen molar-refractivity contribution in [3.05, 3.63) is 48.7 Å². The third-order valence-electron chi connectivity index (χ3n) is 5.22. The van der Waals surface area contributed by atoms with Crippen LogP contribution in [-0.4, -0.2) is 28.8 Å². The average molecular weight is 346 g/mol. The van der Waals surface area contributed by atoms with Crippen LogP contribution in [0.15, 0.2) is 53.1 Å². The number of pyridine rings is 1. The van der Waals surface area contributed by atoms with Gasteiger partial charge in [-0.05, 0) is 56.7 Å². The number of aromatic nitrogens is 1. The van der Waals surface area contributed by atoms with E-state index in [1.54, 1.807) is 27.5 Å². The van der Waals surface area contributed by atoms with Crippen LogP contribution in [0, 0.1) is 0 Å². The van der Waals surface area contributed by atoms with E-state index in [1.807, 2.05) is 44.2 Å². The summed E-state index contributed by atoms with van der Waals surface area (Å²) in [5, 5.41) is 14.5. The summed E-state index contributed by atoms with van der Waals surface area (Å²) in [6.45, 7) is 7.24. The summed E-state index contributed by atoms with van der Waals surface area (Å²) in [6.07, 6.45) is 1.73. The van der Waals surface area contributed by atoms with Gasteiger partial charge in [0.05, 0.1) is 11.2 Å². The largest absolute Gasteiger partial charge is 0.438 e. The Balaban J connectivity index is 1.80. The number of nitrogens with zero attached hydrogens (tertiary/aromatic N) is 1. The van der Waals surface area contributed by atoms with E-state index >= 15 is 0 Å². The van der Waals surface area contributed by atoms with Crippen LogP contribution in [0.4, 0.5) is 0 Å². The molecule has 131 valence electrons. The molecule has 0 atom stereocenters. The van der Waals surface area contributed by atoms with Gasteiger partial charge in [0.15, 0.2) is 0 Å². The summed E-state index contributed by atoms with van der Waals surface area (Å²) in [4.78, 5) is 4.32. The van der Waals surface area contributed by atoms with Gasteiger partial charge in [-0.1, -0.05) is 29.7 Å². The highest BCUT2D eigenvalue weighted by Gasteiger charge is 2.35. The SMILES string of the molecule is CC(C)(O)C(C)(C)O[B]c1ccc2ccc3oc4ncccc4c3c2c1. The molecule has 4 aromatic rings. The van der Waals surface area contributed by atoms with Crippen LogP contribution in [0.2, 0.25) is 0 Å². The average Bonchev–Trinajstić information content (AvgIpc) is 2.98. The standard InChI is InChI=1S/C21H21BNO3/c1-20(2,24)21(3,4)26-22-14-9-7-13-8-10-17-18(16(13)12-14)15-6-5-11-23-19(15)25-17/h5-12,24H,1-4H3.